The maximum atomic E-state index is 12.5. The van der Waals surface area contributed by atoms with E-state index in [0.717, 1.165) is 11.1 Å². The molecule has 3 rings (SSSR count). The third-order valence-electron chi connectivity index (χ3n) is 4.22. The van der Waals surface area contributed by atoms with Crippen LogP contribution >= 0.6 is 0 Å². The number of ether oxygens (including phenoxy) is 1. The van der Waals surface area contributed by atoms with E-state index in [1.165, 1.54) is 7.11 Å². The van der Waals surface area contributed by atoms with Gasteiger partial charge in [-0.3, -0.25) is 4.79 Å². The number of nitrogens with one attached hydrogen (secondary N) is 1. The van der Waals surface area contributed by atoms with Crippen LogP contribution in [0.25, 0.3) is 11.1 Å². The van der Waals surface area contributed by atoms with Gasteiger partial charge in [-0.15, -0.1) is 0 Å². The number of carbonyl (C=O) groups is 1. The molecule has 1 atom stereocenters. The smallest absolute Gasteiger partial charge is 0.251 e. The summed E-state index contributed by atoms with van der Waals surface area (Å²) in [6.07, 6.45) is 0.638. The predicted octanol–water partition coefficient (Wildman–Crippen LogP) is 3.64. The molecule has 0 saturated heterocycles. The molecule has 7 heteroatoms. The van der Waals surface area contributed by atoms with E-state index < -0.39 is 0 Å². The third kappa shape index (κ3) is 4.08. The maximum Gasteiger partial charge on any atom is 0.251 e. The summed E-state index contributed by atoms with van der Waals surface area (Å²) < 4.78 is 10.3. The van der Waals surface area contributed by atoms with Crippen molar-refractivity contribution < 1.29 is 19.2 Å². The monoisotopic (exact) mass is 367 g/mol. The standard InChI is InChI=1S/C20H21N3O4/c1-4-16(20-21-12(2)23-27-20)22-19(25)14-7-5-13(6-8-14)15-9-10-17(24)18(11-15)26-3/h5-11,16,24H,4H2,1-3H3,(H,22,25)/t16-/m0/s1. The number of aryl methyl sites for hydroxylation is 1. The van der Waals surface area contributed by atoms with E-state index in [1.807, 2.05) is 19.1 Å². The SMILES string of the molecule is CC[C@H](NC(=O)c1ccc(-c2ccc(O)c(OC)c2)cc1)c1nc(C)no1. The Bertz CT molecular complexity index is 935. The fourth-order valence-electron chi connectivity index (χ4n) is 2.71. The maximum absolute atomic E-state index is 12.5. The summed E-state index contributed by atoms with van der Waals surface area (Å²) in [5, 5.41) is 16.4. The van der Waals surface area contributed by atoms with Gasteiger partial charge in [0.05, 0.1) is 7.11 Å². The first-order valence-corrected chi connectivity index (χ1v) is 8.60. The lowest BCUT2D eigenvalue weighted by Gasteiger charge is -2.13. The minimum Gasteiger partial charge on any atom is -0.504 e. The Labute approximate surface area is 157 Å². The Balaban J connectivity index is 1.75. The molecule has 1 heterocycles. The molecule has 1 aromatic heterocycles. The topological polar surface area (TPSA) is 97.5 Å². The molecule has 2 aromatic carbocycles. The third-order valence-corrected chi connectivity index (χ3v) is 4.22. The summed E-state index contributed by atoms with van der Waals surface area (Å²) in [7, 11) is 1.50. The number of aromatic hydroxyl groups is 1. The van der Waals surface area contributed by atoms with Gasteiger partial charge in [0.2, 0.25) is 5.89 Å². The van der Waals surface area contributed by atoms with Crippen LogP contribution in [0.5, 0.6) is 11.5 Å². The Morgan fingerprint density at radius 2 is 1.93 bits per heavy atom. The quantitative estimate of drug-likeness (QED) is 0.690. The zero-order valence-corrected chi connectivity index (χ0v) is 15.4. The number of phenolic OH excluding ortho intramolecular Hbond substituents is 1. The number of methoxy groups -OCH3 is 1. The Kier molecular flexibility index (Phi) is 5.40. The first-order valence-electron chi connectivity index (χ1n) is 8.60. The number of carbonyl (C=O) groups excluding carboxylic acids is 1. The van der Waals surface area contributed by atoms with Crippen LogP contribution in [-0.4, -0.2) is 28.3 Å². The molecule has 0 aliphatic rings. The van der Waals surface area contributed by atoms with E-state index in [0.29, 0.717) is 29.4 Å². The van der Waals surface area contributed by atoms with Gasteiger partial charge in [-0.05, 0) is 48.7 Å². The second kappa shape index (κ2) is 7.90. The summed E-state index contributed by atoms with van der Waals surface area (Å²) in [4.78, 5) is 16.7. The second-order valence-electron chi connectivity index (χ2n) is 6.08. The first-order chi connectivity index (χ1) is 13.0. The van der Waals surface area contributed by atoms with Crippen molar-refractivity contribution in [1.82, 2.24) is 15.5 Å². The van der Waals surface area contributed by atoms with Crippen LogP contribution in [0.4, 0.5) is 0 Å². The molecule has 0 aliphatic heterocycles. The average Bonchev–Trinajstić information content (AvgIpc) is 3.12. The van der Waals surface area contributed by atoms with E-state index >= 15 is 0 Å². The largest absolute Gasteiger partial charge is 0.504 e. The molecular formula is C20H21N3O4. The number of amides is 1. The molecule has 1 amide bonds. The van der Waals surface area contributed by atoms with Crippen molar-refractivity contribution in [3.05, 3.63) is 59.7 Å². The number of hydrogen-bond acceptors (Lipinski definition) is 6. The zero-order chi connectivity index (χ0) is 19.4. The van der Waals surface area contributed by atoms with Crippen molar-refractivity contribution in [1.29, 1.82) is 0 Å². The molecule has 0 spiro atoms. The summed E-state index contributed by atoms with van der Waals surface area (Å²) >= 11 is 0. The molecule has 7 nitrogen and oxygen atoms in total. The molecule has 140 valence electrons. The lowest BCUT2D eigenvalue weighted by Crippen LogP contribution is -2.28. The highest BCUT2D eigenvalue weighted by atomic mass is 16.5. The lowest BCUT2D eigenvalue weighted by atomic mass is 10.0. The predicted molar refractivity (Wildman–Crippen MR) is 99.6 cm³/mol. The van der Waals surface area contributed by atoms with Crippen molar-refractivity contribution in [3.8, 4) is 22.6 Å². The fourth-order valence-corrected chi connectivity index (χ4v) is 2.71. The Morgan fingerprint density at radius 3 is 2.52 bits per heavy atom. The molecule has 27 heavy (non-hydrogen) atoms. The summed E-state index contributed by atoms with van der Waals surface area (Å²) in [5.41, 5.74) is 2.31. The van der Waals surface area contributed by atoms with Gasteiger partial charge in [0, 0.05) is 5.56 Å². The minimum absolute atomic E-state index is 0.0825. The number of phenols is 1. The number of benzene rings is 2. The summed E-state index contributed by atoms with van der Waals surface area (Å²) in [6.45, 7) is 3.67. The second-order valence-corrected chi connectivity index (χ2v) is 6.08. The number of rotatable bonds is 6. The molecule has 0 unspecified atom stereocenters. The lowest BCUT2D eigenvalue weighted by molar-refractivity contribution is 0.0927. The van der Waals surface area contributed by atoms with Gasteiger partial charge in [0.1, 0.15) is 6.04 Å². The van der Waals surface area contributed by atoms with E-state index in [4.69, 9.17) is 9.26 Å². The van der Waals surface area contributed by atoms with Crippen LogP contribution in [0.15, 0.2) is 47.0 Å². The van der Waals surface area contributed by atoms with Crippen LogP contribution in [0.3, 0.4) is 0 Å². The number of nitrogens with zero attached hydrogens (tertiary/aromatic N) is 2. The van der Waals surface area contributed by atoms with Crippen LogP contribution in [0.2, 0.25) is 0 Å². The number of aromatic nitrogens is 2. The van der Waals surface area contributed by atoms with Crippen molar-refractivity contribution in [2.24, 2.45) is 0 Å². The summed E-state index contributed by atoms with van der Waals surface area (Å²) in [6, 6.07) is 12.0. The molecule has 0 saturated carbocycles. The molecule has 3 aromatic rings. The van der Waals surface area contributed by atoms with Crippen LogP contribution in [0.1, 0.15) is 41.5 Å². The Morgan fingerprint density at radius 1 is 1.22 bits per heavy atom. The molecule has 2 N–H and O–H groups in total. The van der Waals surface area contributed by atoms with Gasteiger partial charge in [-0.2, -0.15) is 4.98 Å². The van der Waals surface area contributed by atoms with Crippen molar-refractivity contribution >= 4 is 5.91 Å². The molecular weight excluding hydrogens is 346 g/mol. The first kappa shape index (κ1) is 18.4. The summed E-state index contributed by atoms with van der Waals surface area (Å²) in [5.74, 6) is 1.20. The molecule has 0 aliphatic carbocycles. The van der Waals surface area contributed by atoms with Crippen molar-refractivity contribution in [3.63, 3.8) is 0 Å². The van der Waals surface area contributed by atoms with Gasteiger partial charge in [-0.25, -0.2) is 0 Å². The fraction of sp³-hybridized carbons (Fsp3) is 0.250. The van der Waals surface area contributed by atoms with E-state index in [-0.39, 0.29) is 17.7 Å². The highest BCUT2D eigenvalue weighted by Gasteiger charge is 2.19. The average molecular weight is 367 g/mol. The highest BCUT2D eigenvalue weighted by molar-refractivity contribution is 5.94. The van der Waals surface area contributed by atoms with Gasteiger partial charge >= 0.3 is 0 Å². The Hall–Kier alpha value is -3.35. The molecule has 0 radical (unpaired) electrons. The van der Waals surface area contributed by atoms with Gasteiger partial charge < -0.3 is 19.7 Å². The van der Waals surface area contributed by atoms with Gasteiger partial charge in [0.15, 0.2) is 17.3 Å². The van der Waals surface area contributed by atoms with E-state index in [9.17, 15) is 9.90 Å². The van der Waals surface area contributed by atoms with Gasteiger partial charge in [-0.1, -0.05) is 30.3 Å². The van der Waals surface area contributed by atoms with E-state index in [1.54, 1.807) is 37.3 Å². The van der Waals surface area contributed by atoms with Crippen LogP contribution in [0, 0.1) is 6.92 Å². The van der Waals surface area contributed by atoms with Gasteiger partial charge in [0.25, 0.3) is 5.91 Å². The van der Waals surface area contributed by atoms with Crippen molar-refractivity contribution in [2.45, 2.75) is 26.3 Å². The highest BCUT2D eigenvalue weighted by Crippen LogP contribution is 2.31. The normalized spacial score (nSPS) is 11.8. The van der Waals surface area contributed by atoms with E-state index in [2.05, 4.69) is 15.5 Å². The minimum atomic E-state index is -0.334. The van der Waals surface area contributed by atoms with Crippen molar-refractivity contribution in [2.75, 3.05) is 7.11 Å². The molecule has 0 fully saturated rings. The molecule has 0 bridgehead atoms. The van der Waals surface area contributed by atoms with Crippen LogP contribution < -0.4 is 10.1 Å². The van der Waals surface area contributed by atoms with Crippen LogP contribution in [-0.2, 0) is 0 Å². The number of hydrogen-bond donors (Lipinski definition) is 2. The zero-order valence-electron chi connectivity index (χ0n) is 15.4.